The molecular weight excluding hydrogens is 288 g/mol. The third-order valence-electron chi connectivity index (χ3n) is 2.70. The SMILES string of the molecule is O=S(=O)(c1ccc(NCCc2ccco2)cc1)C(F)F. The van der Waals surface area contributed by atoms with E-state index in [0.717, 1.165) is 17.9 Å². The lowest BCUT2D eigenvalue weighted by molar-refractivity contribution is 0.234. The average molecular weight is 301 g/mol. The fourth-order valence-corrected chi connectivity index (χ4v) is 2.37. The number of alkyl halides is 2. The van der Waals surface area contributed by atoms with E-state index < -0.39 is 15.6 Å². The van der Waals surface area contributed by atoms with Gasteiger partial charge < -0.3 is 9.73 Å². The Kier molecular flexibility index (Phi) is 4.39. The fourth-order valence-electron chi connectivity index (χ4n) is 1.65. The Labute approximate surface area is 115 Å². The first-order chi connectivity index (χ1) is 9.50. The summed E-state index contributed by atoms with van der Waals surface area (Å²) in [6.07, 6.45) is 2.25. The lowest BCUT2D eigenvalue weighted by Crippen LogP contribution is -2.11. The first kappa shape index (κ1) is 14.5. The third-order valence-corrected chi connectivity index (χ3v) is 4.10. The van der Waals surface area contributed by atoms with E-state index >= 15 is 0 Å². The van der Waals surface area contributed by atoms with Gasteiger partial charge in [-0.3, -0.25) is 0 Å². The number of rotatable bonds is 6. The Morgan fingerprint density at radius 3 is 2.40 bits per heavy atom. The lowest BCUT2D eigenvalue weighted by atomic mass is 10.3. The van der Waals surface area contributed by atoms with E-state index in [1.54, 1.807) is 12.3 Å². The molecule has 1 aromatic carbocycles. The van der Waals surface area contributed by atoms with E-state index in [0.29, 0.717) is 18.7 Å². The molecule has 20 heavy (non-hydrogen) atoms. The van der Waals surface area contributed by atoms with Gasteiger partial charge in [-0.2, -0.15) is 8.78 Å². The van der Waals surface area contributed by atoms with Crippen molar-refractivity contribution in [3.63, 3.8) is 0 Å². The van der Waals surface area contributed by atoms with Gasteiger partial charge in [0.15, 0.2) is 0 Å². The predicted octanol–water partition coefficient (Wildman–Crippen LogP) is 2.93. The van der Waals surface area contributed by atoms with Crippen LogP contribution in [0.4, 0.5) is 14.5 Å². The van der Waals surface area contributed by atoms with Gasteiger partial charge in [-0.25, -0.2) is 8.42 Å². The lowest BCUT2D eigenvalue weighted by Gasteiger charge is -2.07. The van der Waals surface area contributed by atoms with Gasteiger partial charge in [0.2, 0.25) is 9.84 Å². The highest BCUT2D eigenvalue weighted by Gasteiger charge is 2.26. The van der Waals surface area contributed by atoms with Crippen LogP contribution in [0.15, 0.2) is 52.0 Å². The van der Waals surface area contributed by atoms with Crippen LogP contribution < -0.4 is 5.32 Å². The van der Waals surface area contributed by atoms with Crippen LogP contribution in [-0.4, -0.2) is 20.7 Å². The van der Waals surface area contributed by atoms with Crippen LogP contribution in [0.2, 0.25) is 0 Å². The summed E-state index contributed by atoms with van der Waals surface area (Å²) in [6.45, 7) is 0.592. The first-order valence-corrected chi connectivity index (χ1v) is 7.43. The van der Waals surface area contributed by atoms with Gasteiger partial charge in [-0.1, -0.05) is 0 Å². The van der Waals surface area contributed by atoms with E-state index in [-0.39, 0.29) is 4.90 Å². The Morgan fingerprint density at radius 1 is 1.15 bits per heavy atom. The second-order valence-electron chi connectivity index (χ2n) is 4.09. The Morgan fingerprint density at radius 2 is 1.85 bits per heavy atom. The summed E-state index contributed by atoms with van der Waals surface area (Å²) in [4.78, 5) is -0.385. The van der Waals surface area contributed by atoms with Crippen LogP contribution in [0, 0.1) is 0 Å². The molecule has 0 unspecified atom stereocenters. The molecule has 1 aromatic heterocycles. The number of hydrogen-bond donors (Lipinski definition) is 1. The van der Waals surface area contributed by atoms with Gasteiger partial charge in [-0.05, 0) is 36.4 Å². The molecule has 2 rings (SSSR count). The maximum absolute atomic E-state index is 12.3. The molecule has 0 bridgehead atoms. The van der Waals surface area contributed by atoms with E-state index in [4.69, 9.17) is 4.42 Å². The van der Waals surface area contributed by atoms with Crippen LogP contribution >= 0.6 is 0 Å². The summed E-state index contributed by atoms with van der Waals surface area (Å²) < 4.78 is 52.3. The van der Waals surface area contributed by atoms with Crippen LogP contribution in [-0.2, 0) is 16.3 Å². The summed E-state index contributed by atoms with van der Waals surface area (Å²) >= 11 is 0. The summed E-state index contributed by atoms with van der Waals surface area (Å²) in [5.41, 5.74) is 0.657. The van der Waals surface area contributed by atoms with Crippen molar-refractivity contribution in [2.75, 3.05) is 11.9 Å². The zero-order chi connectivity index (χ0) is 14.6. The number of benzene rings is 1. The molecular formula is C13H13F2NO3S. The number of sulfone groups is 1. The molecule has 0 aliphatic heterocycles. The van der Waals surface area contributed by atoms with Gasteiger partial charge >= 0.3 is 5.76 Å². The third kappa shape index (κ3) is 3.36. The van der Waals surface area contributed by atoms with Crippen molar-refractivity contribution in [3.8, 4) is 0 Å². The van der Waals surface area contributed by atoms with Crippen molar-refractivity contribution >= 4 is 15.5 Å². The zero-order valence-corrected chi connectivity index (χ0v) is 11.2. The Balaban J connectivity index is 1.95. The van der Waals surface area contributed by atoms with Crippen LogP contribution in [0.3, 0.4) is 0 Å². The topological polar surface area (TPSA) is 59.3 Å². The van der Waals surface area contributed by atoms with Crippen molar-refractivity contribution < 1.29 is 21.6 Å². The molecule has 0 fully saturated rings. The molecule has 0 amide bonds. The fraction of sp³-hybridized carbons (Fsp3) is 0.231. The highest BCUT2D eigenvalue weighted by Crippen LogP contribution is 2.20. The van der Waals surface area contributed by atoms with E-state index in [2.05, 4.69) is 5.32 Å². The molecule has 1 N–H and O–H groups in total. The molecule has 0 aliphatic rings. The molecule has 1 heterocycles. The van der Waals surface area contributed by atoms with Gasteiger partial charge in [0.25, 0.3) is 0 Å². The first-order valence-electron chi connectivity index (χ1n) is 5.88. The van der Waals surface area contributed by atoms with E-state index in [9.17, 15) is 17.2 Å². The minimum Gasteiger partial charge on any atom is -0.469 e. The molecule has 4 nitrogen and oxygen atoms in total. The molecule has 0 saturated carbocycles. The van der Waals surface area contributed by atoms with Crippen molar-refractivity contribution in [2.24, 2.45) is 0 Å². The number of halogens is 2. The second kappa shape index (κ2) is 6.04. The normalized spacial score (nSPS) is 11.8. The largest absolute Gasteiger partial charge is 0.469 e. The predicted molar refractivity (Wildman–Crippen MR) is 70.5 cm³/mol. The Bertz CT molecular complexity index is 637. The Hall–Kier alpha value is -1.89. The van der Waals surface area contributed by atoms with Crippen LogP contribution in [0.25, 0.3) is 0 Å². The van der Waals surface area contributed by atoms with Crippen molar-refractivity contribution in [2.45, 2.75) is 17.1 Å². The second-order valence-corrected chi connectivity index (χ2v) is 6.00. The summed E-state index contributed by atoms with van der Waals surface area (Å²) in [7, 11) is -4.53. The van der Waals surface area contributed by atoms with Crippen LogP contribution in [0.5, 0.6) is 0 Å². The van der Waals surface area contributed by atoms with Gasteiger partial charge in [0.1, 0.15) is 5.76 Å². The van der Waals surface area contributed by atoms with Crippen molar-refractivity contribution in [1.82, 2.24) is 0 Å². The maximum Gasteiger partial charge on any atom is 0.341 e. The minimum atomic E-state index is -4.53. The summed E-state index contributed by atoms with van der Waals surface area (Å²) in [6, 6.07) is 8.88. The summed E-state index contributed by atoms with van der Waals surface area (Å²) in [5, 5.41) is 3.05. The number of furan rings is 1. The molecule has 0 radical (unpaired) electrons. The molecule has 0 aliphatic carbocycles. The minimum absolute atomic E-state index is 0.385. The monoisotopic (exact) mass is 301 g/mol. The van der Waals surface area contributed by atoms with E-state index in [1.165, 1.54) is 12.1 Å². The number of anilines is 1. The highest BCUT2D eigenvalue weighted by atomic mass is 32.2. The van der Waals surface area contributed by atoms with Crippen molar-refractivity contribution in [1.29, 1.82) is 0 Å². The standard InChI is InChI=1S/C13H13F2NO3S/c14-13(15)20(17,18)12-5-3-10(4-6-12)16-8-7-11-2-1-9-19-11/h1-6,9,13,16H,7-8H2. The quantitative estimate of drug-likeness (QED) is 0.891. The van der Waals surface area contributed by atoms with E-state index in [1.807, 2.05) is 6.07 Å². The number of nitrogens with one attached hydrogen (secondary N) is 1. The molecule has 0 spiro atoms. The van der Waals surface area contributed by atoms with Crippen LogP contribution in [0.1, 0.15) is 5.76 Å². The zero-order valence-electron chi connectivity index (χ0n) is 10.4. The molecule has 0 saturated heterocycles. The maximum atomic E-state index is 12.3. The summed E-state index contributed by atoms with van der Waals surface area (Å²) in [5.74, 6) is -2.57. The molecule has 0 atom stereocenters. The van der Waals surface area contributed by atoms with Gasteiger partial charge in [-0.15, -0.1) is 0 Å². The molecule has 108 valence electrons. The highest BCUT2D eigenvalue weighted by molar-refractivity contribution is 7.91. The number of hydrogen-bond acceptors (Lipinski definition) is 4. The van der Waals surface area contributed by atoms with Gasteiger partial charge in [0.05, 0.1) is 11.2 Å². The van der Waals surface area contributed by atoms with Crippen molar-refractivity contribution in [3.05, 3.63) is 48.4 Å². The molecule has 2 aromatic rings. The smallest absolute Gasteiger partial charge is 0.341 e. The average Bonchev–Trinajstić information content (AvgIpc) is 2.92. The van der Waals surface area contributed by atoms with Gasteiger partial charge in [0, 0.05) is 18.7 Å². The molecule has 7 heteroatoms.